The minimum Gasteiger partial charge on any atom is -0.458 e. The van der Waals surface area contributed by atoms with Gasteiger partial charge in [-0.05, 0) is 40.0 Å². The first-order valence-corrected chi connectivity index (χ1v) is 5.38. The number of carbonyl (C=O) groups is 1. The molecule has 0 spiro atoms. The Morgan fingerprint density at radius 3 is 2.53 bits per heavy atom. The summed E-state index contributed by atoms with van der Waals surface area (Å²) in [7, 11) is 0. The van der Waals surface area contributed by atoms with Gasteiger partial charge in [0.15, 0.2) is 0 Å². The molecule has 0 heterocycles. The van der Waals surface area contributed by atoms with Crippen LogP contribution in [0.3, 0.4) is 0 Å². The third kappa shape index (κ3) is 5.14. The van der Waals surface area contributed by atoms with Gasteiger partial charge in [-0.1, -0.05) is 0 Å². The molecule has 0 amide bonds. The second kappa shape index (κ2) is 4.94. The lowest BCUT2D eigenvalue weighted by Gasteiger charge is -2.20. The highest BCUT2D eigenvalue weighted by atomic mass is 16.6. The van der Waals surface area contributed by atoms with E-state index >= 15 is 0 Å². The maximum Gasteiger partial charge on any atom is 0.332 e. The third-order valence-corrected chi connectivity index (χ3v) is 2.21. The standard InChI is InChI=1S/C11H20O4/c1-11(2,3)15-10(13)7-14-9-5-4-8(12)6-9/h8-9,12H,4-7H2,1-3H3/t8?,9-/m1/s1. The first-order chi connectivity index (χ1) is 6.87. The topological polar surface area (TPSA) is 55.8 Å². The summed E-state index contributed by atoms with van der Waals surface area (Å²) in [6, 6.07) is 0. The molecule has 2 atom stereocenters. The Morgan fingerprint density at radius 1 is 1.40 bits per heavy atom. The summed E-state index contributed by atoms with van der Waals surface area (Å²) in [6.45, 7) is 5.45. The van der Waals surface area contributed by atoms with E-state index in [0.29, 0.717) is 6.42 Å². The van der Waals surface area contributed by atoms with Gasteiger partial charge in [-0.2, -0.15) is 0 Å². The second-order valence-corrected chi connectivity index (χ2v) is 4.99. The smallest absolute Gasteiger partial charge is 0.332 e. The van der Waals surface area contributed by atoms with Gasteiger partial charge in [-0.25, -0.2) is 4.79 Å². The van der Waals surface area contributed by atoms with Crippen molar-refractivity contribution in [1.29, 1.82) is 0 Å². The number of esters is 1. The van der Waals surface area contributed by atoms with Crippen LogP contribution in [0, 0.1) is 0 Å². The van der Waals surface area contributed by atoms with Gasteiger partial charge in [0.05, 0.1) is 12.2 Å². The van der Waals surface area contributed by atoms with Gasteiger partial charge in [0.2, 0.25) is 0 Å². The number of ether oxygens (including phenoxy) is 2. The first kappa shape index (κ1) is 12.5. The molecule has 1 saturated carbocycles. The predicted octanol–water partition coefficient (Wildman–Crippen LogP) is 1.26. The Bertz CT molecular complexity index is 219. The van der Waals surface area contributed by atoms with Crippen LogP contribution in [-0.4, -0.2) is 35.5 Å². The van der Waals surface area contributed by atoms with Crippen LogP contribution in [0.5, 0.6) is 0 Å². The quantitative estimate of drug-likeness (QED) is 0.721. The van der Waals surface area contributed by atoms with E-state index in [0.717, 1.165) is 12.8 Å². The van der Waals surface area contributed by atoms with Crippen LogP contribution in [0.4, 0.5) is 0 Å². The van der Waals surface area contributed by atoms with E-state index < -0.39 is 5.60 Å². The average Bonchev–Trinajstić information content (AvgIpc) is 2.45. The van der Waals surface area contributed by atoms with Crippen molar-refractivity contribution < 1.29 is 19.4 Å². The molecule has 0 aromatic rings. The van der Waals surface area contributed by atoms with Crippen LogP contribution < -0.4 is 0 Å². The number of aliphatic hydroxyl groups is 1. The molecule has 0 aliphatic heterocycles. The van der Waals surface area contributed by atoms with Gasteiger partial charge in [-0.3, -0.25) is 0 Å². The van der Waals surface area contributed by atoms with Gasteiger partial charge in [-0.15, -0.1) is 0 Å². The highest BCUT2D eigenvalue weighted by Gasteiger charge is 2.25. The fourth-order valence-electron chi connectivity index (χ4n) is 1.63. The summed E-state index contributed by atoms with van der Waals surface area (Å²) in [5.41, 5.74) is -0.463. The minimum atomic E-state index is -0.463. The van der Waals surface area contributed by atoms with E-state index in [1.807, 2.05) is 20.8 Å². The van der Waals surface area contributed by atoms with Gasteiger partial charge in [0, 0.05) is 0 Å². The molecule has 88 valence electrons. The van der Waals surface area contributed by atoms with E-state index in [1.54, 1.807) is 0 Å². The monoisotopic (exact) mass is 216 g/mol. The zero-order valence-electron chi connectivity index (χ0n) is 9.66. The highest BCUT2D eigenvalue weighted by molar-refractivity contribution is 5.71. The molecule has 1 unspecified atom stereocenters. The summed E-state index contributed by atoms with van der Waals surface area (Å²) in [5.74, 6) is -0.344. The lowest BCUT2D eigenvalue weighted by atomic mass is 10.2. The van der Waals surface area contributed by atoms with Crippen molar-refractivity contribution in [3.8, 4) is 0 Å². The van der Waals surface area contributed by atoms with E-state index in [1.165, 1.54) is 0 Å². The maximum absolute atomic E-state index is 11.3. The van der Waals surface area contributed by atoms with Crippen LogP contribution in [0.2, 0.25) is 0 Å². The molecular weight excluding hydrogens is 196 g/mol. The predicted molar refractivity (Wildman–Crippen MR) is 55.4 cm³/mol. The summed E-state index contributed by atoms with van der Waals surface area (Å²) in [4.78, 5) is 11.3. The van der Waals surface area contributed by atoms with Crippen LogP contribution in [0.25, 0.3) is 0 Å². The molecule has 1 aliphatic carbocycles. The summed E-state index contributed by atoms with van der Waals surface area (Å²) in [5, 5.41) is 9.26. The Hall–Kier alpha value is -0.610. The molecule has 0 saturated heterocycles. The van der Waals surface area contributed by atoms with Crippen LogP contribution >= 0.6 is 0 Å². The molecule has 0 radical (unpaired) electrons. The summed E-state index contributed by atoms with van der Waals surface area (Å²) >= 11 is 0. The van der Waals surface area contributed by atoms with E-state index in [-0.39, 0.29) is 24.8 Å². The molecular formula is C11H20O4. The maximum atomic E-state index is 11.3. The van der Waals surface area contributed by atoms with Gasteiger partial charge in [0.25, 0.3) is 0 Å². The van der Waals surface area contributed by atoms with Crippen molar-refractivity contribution in [2.75, 3.05) is 6.61 Å². The van der Waals surface area contributed by atoms with Gasteiger partial charge < -0.3 is 14.6 Å². The Labute approximate surface area is 90.6 Å². The molecule has 15 heavy (non-hydrogen) atoms. The van der Waals surface area contributed by atoms with Crippen LogP contribution in [-0.2, 0) is 14.3 Å². The number of hydrogen-bond acceptors (Lipinski definition) is 4. The lowest BCUT2D eigenvalue weighted by Crippen LogP contribution is -2.28. The third-order valence-electron chi connectivity index (χ3n) is 2.21. The lowest BCUT2D eigenvalue weighted by molar-refractivity contribution is -0.162. The molecule has 1 rings (SSSR count). The Balaban J connectivity index is 2.17. The molecule has 1 N–H and O–H groups in total. The summed E-state index contributed by atoms with van der Waals surface area (Å²) < 4.78 is 10.4. The van der Waals surface area contributed by atoms with Crippen molar-refractivity contribution in [2.24, 2.45) is 0 Å². The average molecular weight is 216 g/mol. The fraction of sp³-hybridized carbons (Fsp3) is 0.909. The second-order valence-electron chi connectivity index (χ2n) is 4.99. The number of hydrogen-bond donors (Lipinski definition) is 1. The number of aliphatic hydroxyl groups excluding tert-OH is 1. The van der Waals surface area contributed by atoms with Crippen LogP contribution in [0.1, 0.15) is 40.0 Å². The van der Waals surface area contributed by atoms with Gasteiger partial charge >= 0.3 is 5.97 Å². The molecule has 1 aliphatic rings. The fourth-order valence-corrected chi connectivity index (χ4v) is 1.63. The van der Waals surface area contributed by atoms with Gasteiger partial charge in [0.1, 0.15) is 12.2 Å². The molecule has 4 nitrogen and oxygen atoms in total. The van der Waals surface area contributed by atoms with Crippen molar-refractivity contribution >= 4 is 5.97 Å². The SMILES string of the molecule is CC(C)(C)OC(=O)CO[C@@H]1CCC(O)C1. The Kier molecular flexibility index (Phi) is 4.11. The van der Waals surface area contributed by atoms with Crippen molar-refractivity contribution in [2.45, 2.75) is 57.8 Å². The number of rotatable bonds is 3. The largest absolute Gasteiger partial charge is 0.458 e. The van der Waals surface area contributed by atoms with E-state index in [4.69, 9.17) is 9.47 Å². The molecule has 0 aromatic carbocycles. The normalized spacial score (nSPS) is 26.7. The highest BCUT2D eigenvalue weighted by Crippen LogP contribution is 2.21. The molecule has 4 heteroatoms. The van der Waals surface area contributed by atoms with Crippen LogP contribution in [0.15, 0.2) is 0 Å². The van der Waals surface area contributed by atoms with Crippen molar-refractivity contribution in [3.05, 3.63) is 0 Å². The Morgan fingerprint density at radius 2 is 2.07 bits per heavy atom. The molecule has 0 aromatic heterocycles. The first-order valence-electron chi connectivity index (χ1n) is 5.38. The minimum absolute atomic E-state index is 0.00696. The summed E-state index contributed by atoms with van der Waals surface area (Å²) in [6.07, 6.45) is 1.95. The van der Waals surface area contributed by atoms with E-state index in [2.05, 4.69) is 0 Å². The zero-order valence-corrected chi connectivity index (χ0v) is 9.66. The van der Waals surface area contributed by atoms with Crippen molar-refractivity contribution in [3.63, 3.8) is 0 Å². The molecule has 0 bridgehead atoms. The number of carbonyl (C=O) groups excluding carboxylic acids is 1. The zero-order chi connectivity index (χ0) is 11.5. The molecule has 1 fully saturated rings. The van der Waals surface area contributed by atoms with Crippen molar-refractivity contribution in [1.82, 2.24) is 0 Å². The van der Waals surface area contributed by atoms with E-state index in [9.17, 15) is 9.90 Å².